The van der Waals surface area contributed by atoms with Gasteiger partial charge >= 0.3 is 0 Å². The van der Waals surface area contributed by atoms with Gasteiger partial charge in [-0.15, -0.1) is 0 Å². The standard InChI is InChI=1S/C13H13BrClNO2/c1-7-3-2-4-8-5-9(12(18)10(17)6-14)13(15)16-11(7)8/h2-5,10,12,17-18H,6H2,1H3. The maximum absolute atomic E-state index is 9.99. The summed E-state index contributed by atoms with van der Waals surface area (Å²) < 4.78 is 0. The van der Waals surface area contributed by atoms with Crippen LogP contribution in [0.15, 0.2) is 24.3 Å². The van der Waals surface area contributed by atoms with Gasteiger partial charge in [0.05, 0.1) is 11.6 Å². The molecule has 2 atom stereocenters. The summed E-state index contributed by atoms with van der Waals surface area (Å²) in [7, 11) is 0. The van der Waals surface area contributed by atoms with Gasteiger partial charge in [-0.1, -0.05) is 45.7 Å². The third kappa shape index (κ3) is 2.52. The third-order valence-electron chi connectivity index (χ3n) is 2.87. The number of aliphatic hydroxyl groups excluding tert-OH is 2. The number of fused-ring (bicyclic) bond motifs is 1. The third-order valence-corrected chi connectivity index (χ3v) is 3.84. The average Bonchev–Trinajstić information content (AvgIpc) is 2.37. The van der Waals surface area contributed by atoms with Gasteiger partial charge in [-0.3, -0.25) is 0 Å². The van der Waals surface area contributed by atoms with Gasteiger partial charge in [0, 0.05) is 16.3 Å². The van der Waals surface area contributed by atoms with Gasteiger partial charge in [0.25, 0.3) is 0 Å². The van der Waals surface area contributed by atoms with E-state index in [1.165, 1.54) is 0 Å². The summed E-state index contributed by atoms with van der Waals surface area (Å²) in [5, 5.41) is 21.0. The fourth-order valence-corrected chi connectivity index (χ4v) is 2.44. The molecule has 0 radical (unpaired) electrons. The van der Waals surface area contributed by atoms with E-state index in [9.17, 15) is 10.2 Å². The Morgan fingerprint density at radius 3 is 2.78 bits per heavy atom. The van der Waals surface area contributed by atoms with Crippen LogP contribution in [0.5, 0.6) is 0 Å². The van der Waals surface area contributed by atoms with Crippen molar-refractivity contribution in [2.75, 3.05) is 5.33 Å². The lowest BCUT2D eigenvalue weighted by Gasteiger charge is -2.17. The van der Waals surface area contributed by atoms with Crippen LogP contribution in [0, 0.1) is 6.92 Å². The Hall–Kier alpha value is -0.680. The molecule has 0 bridgehead atoms. The zero-order chi connectivity index (χ0) is 13.3. The van der Waals surface area contributed by atoms with Gasteiger partial charge in [0.2, 0.25) is 0 Å². The van der Waals surface area contributed by atoms with E-state index in [0.29, 0.717) is 5.56 Å². The van der Waals surface area contributed by atoms with E-state index in [4.69, 9.17) is 11.6 Å². The topological polar surface area (TPSA) is 53.4 Å². The predicted octanol–water partition coefficient (Wildman–Crippen LogP) is 2.99. The molecule has 0 aliphatic rings. The molecule has 0 fully saturated rings. The lowest BCUT2D eigenvalue weighted by molar-refractivity contribution is 0.0342. The van der Waals surface area contributed by atoms with Crippen molar-refractivity contribution in [2.24, 2.45) is 0 Å². The van der Waals surface area contributed by atoms with Crippen LogP contribution in [0.25, 0.3) is 10.9 Å². The van der Waals surface area contributed by atoms with Crippen molar-refractivity contribution in [1.82, 2.24) is 4.98 Å². The molecule has 96 valence electrons. The predicted molar refractivity (Wildman–Crippen MR) is 76.3 cm³/mol. The van der Waals surface area contributed by atoms with Crippen LogP contribution >= 0.6 is 27.5 Å². The Labute approximate surface area is 119 Å². The number of aromatic nitrogens is 1. The molecule has 2 N–H and O–H groups in total. The molecular weight excluding hydrogens is 318 g/mol. The molecule has 1 aromatic heterocycles. The van der Waals surface area contributed by atoms with E-state index in [-0.39, 0.29) is 10.5 Å². The molecule has 0 amide bonds. The molecule has 2 unspecified atom stereocenters. The van der Waals surface area contributed by atoms with Gasteiger partial charge in [0.1, 0.15) is 11.3 Å². The second-order valence-corrected chi connectivity index (χ2v) is 5.19. The zero-order valence-electron chi connectivity index (χ0n) is 9.77. The Morgan fingerprint density at radius 1 is 1.39 bits per heavy atom. The SMILES string of the molecule is Cc1cccc2cc(C(O)C(O)CBr)c(Cl)nc12. The molecular formula is C13H13BrClNO2. The van der Waals surface area contributed by atoms with Crippen LogP contribution in [0.2, 0.25) is 5.15 Å². The van der Waals surface area contributed by atoms with Crippen LogP contribution in [0.3, 0.4) is 0 Å². The van der Waals surface area contributed by atoms with Crippen molar-refractivity contribution in [1.29, 1.82) is 0 Å². The number of halogens is 2. The van der Waals surface area contributed by atoms with E-state index in [1.807, 2.05) is 25.1 Å². The van der Waals surface area contributed by atoms with Crippen molar-refractivity contribution in [3.63, 3.8) is 0 Å². The van der Waals surface area contributed by atoms with Gasteiger partial charge in [-0.05, 0) is 18.6 Å². The lowest BCUT2D eigenvalue weighted by Crippen LogP contribution is -2.20. The maximum atomic E-state index is 9.99. The molecule has 2 aromatic rings. The minimum absolute atomic E-state index is 0.226. The van der Waals surface area contributed by atoms with Crippen molar-refractivity contribution in [3.8, 4) is 0 Å². The van der Waals surface area contributed by atoms with E-state index in [2.05, 4.69) is 20.9 Å². The number of nitrogens with zero attached hydrogens (tertiary/aromatic N) is 1. The maximum Gasteiger partial charge on any atom is 0.135 e. The zero-order valence-corrected chi connectivity index (χ0v) is 12.1. The number of para-hydroxylation sites is 1. The highest BCUT2D eigenvalue weighted by atomic mass is 79.9. The minimum atomic E-state index is -1.05. The summed E-state index contributed by atoms with van der Waals surface area (Å²) in [6.07, 6.45) is -1.96. The molecule has 0 spiro atoms. The Morgan fingerprint density at radius 2 is 2.11 bits per heavy atom. The summed E-state index contributed by atoms with van der Waals surface area (Å²) in [6, 6.07) is 7.55. The number of hydrogen-bond acceptors (Lipinski definition) is 3. The van der Waals surface area contributed by atoms with E-state index in [1.54, 1.807) is 6.07 Å². The highest BCUT2D eigenvalue weighted by Crippen LogP contribution is 2.29. The molecule has 1 aromatic carbocycles. The Kier molecular flexibility index (Phi) is 4.22. The first kappa shape index (κ1) is 13.7. The van der Waals surface area contributed by atoms with Gasteiger partial charge in [-0.2, -0.15) is 0 Å². The molecule has 3 nitrogen and oxygen atoms in total. The largest absolute Gasteiger partial charge is 0.389 e. The highest BCUT2D eigenvalue weighted by Gasteiger charge is 2.21. The van der Waals surface area contributed by atoms with Crippen molar-refractivity contribution < 1.29 is 10.2 Å². The summed E-state index contributed by atoms with van der Waals surface area (Å²) in [6.45, 7) is 1.95. The number of rotatable bonds is 3. The normalized spacial score (nSPS) is 14.7. The summed E-state index contributed by atoms with van der Waals surface area (Å²) in [4.78, 5) is 4.29. The van der Waals surface area contributed by atoms with Crippen LogP contribution in [-0.2, 0) is 0 Å². The summed E-state index contributed by atoms with van der Waals surface area (Å²) in [5.74, 6) is 0. The molecule has 1 heterocycles. The second-order valence-electron chi connectivity index (χ2n) is 4.18. The number of benzene rings is 1. The van der Waals surface area contributed by atoms with E-state index in [0.717, 1.165) is 16.5 Å². The first-order chi connectivity index (χ1) is 8.54. The fourth-order valence-electron chi connectivity index (χ4n) is 1.84. The summed E-state index contributed by atoms with van der Waals surface area (Å²) in [5.41, 5.74) is 2.28. The molecule has 5 heteroatoms. The molecule has 2 rings (SSSR count). The highest BCUT2D eigenvalue weighted by molar-refractivity contribution is 9.09. The first-order valence-electron chi connectivity index (χ1n) is 5.52. The molecule has 0 aliphatic carbocycles. The number of aryl methyl sites for hydroxylation is 1. The fraction of sp³-hybridized carbons (Fsp3) is 0.308. The molecule has 0 saturated carbocycles. The molecule has 0 saturated heterocycles. The van der Waals surface area contributed by atoms with Crippen molar-refractivity contribution in [2.45, 2.75) is 19.1 Å². The van der Waals surface area contributed by atoms with Crippen LogP contribution in [0.1, 0.15) is 17.2 Å². The van der Waals surface area contributed by atoms with Crippen LogP contribution in [-0.4, -0.2) is 26.6 Å². The van der Waals surface area contributed by atoms with Gasteiger partial charge in [0.15, 0.2) is 0 Å². The Bertz CT molecular complexity index is 576. The lowest BCUT2D eigenvalue weighted by atomic mass is 10.0. The summed E-state index contributed by atoms with van der Waals surface area (Å²) >= 11 is 9.20. The van der Waals surface area contributed by atoms with Gasteiger partial charge < -0.3 is 10.2 Å². The Balaban J connectivity index is 2.56. The number of alkyl halides is 1. The van der Waals surface area contributed by atoms with E-state index < -0.39 is 12.2 Å². The van der Waals surface area contributed by atoms with Crippen LogP contribution < -0.4 is 0 Å². The smallest absolute Gasteiger partial charge is 0.135 e. The minimum Gasteiger partial charge on any atom is -0.389 e. The average molecular weight is 331 g/mol. The van der Waals surface area contributed by atoms with Crippen molar-refractivity contribution in [3.05, 3.63) is 40.5 Å². The molecule has 0 aliphatic heterocycles. The van der Waals surface area contributed by atoms with Crippen molar-refractivity contribution >= 4 is 38.4 Å². The van der Waals surface area contributed by atoms with Gasteiger partial charge in [-0.25, -0.2) is 4.98 Å². The van der Waals surface area contributed by atoms with Crippen LogP contribution in [0.4, 0.5) is 0 Å². The quantitative estimate of drug-likeness (QED) is 0.672. The first-order valence-corrected chi connectivity index (χ1v) is 7.02. The number of aliphatic hydroxyl groups is 2. The van der Waals surface area contributed by atoms with E-state index >= 15 is 0 Å². The second kappa shape index (κ2) is 5.53. The number of hydrogen-bond donors (Lipinski definition) is 2. The monoisotopic (exact) mass is 329 g/mol. The number of pyridine rings is 1. The molecule has 18 heavy (non-hydrogen) atoms.